The lowest BCUT2D eigenvalue weighted by Gasteiger charge is -2.32. The lowest BCUT2D eigenvalue weighted by molar-refractivity contribution is -0.118. The predicted octanol–water partition coefficient (Wildman–Crippen LogP) is 2.71. The van der Waals surface area contributed by atoms with Gasteiger partial charge in [0.05, 0.1) is 11.7 Å². The molecule has 2 rings (SSSR count). The van der Waals surface area contributed by atoms with E-state index in [1.54, 1.807) is 0 Å². The molecule has 0 radical (unpaired) electrons. The molecule has 1 aliphatic carbocycles. The van der Waals surface area contributed by atoms with Gasteiger partial charge in [0.25, 0.3) is 0 Å². The maximum Gasteiger partial charge on any atom is 0.178 e. The number of rotatable bonds is 3. The summed E-state index contributed by atoms with van der Waals surface area (Å²) in [7, 11) is 0. The fraction of sp³-hybridized carbons (Fsp3) is 0.769. The van der Waals surface area contributed by atoms with Crippen LogP contribution in [0.25, 0.3) is 0 Å². The largest absolute Gasteiger partial charge is 0.366 e. The van der Waals surface area contributed by atoms with Gasteiger partial charge in [0.1, 0.15) is 6.10 Å². The van der Waals surface area contributed by atoms with Crippen LogP contribution >= 0.6 is 0 Å². The van der Waals surface area contributed by atoms with Crippen molar-refractivity contribution in [2.45, 2.75) is 64.6 Å². The van der Waals surface area contributed by atoms with E-state index >= 15 is 0 Å². The molecule has 2 atom stereocenters. The molecule has 0 spiro atoms. The average molecular weight is 223 g/mol. The van der Waals surface area contributed by atoms with Crippen molar-refractivity contribution >= 4 is 6.21 Å². The first-order valence-electron chi connectivity index (χ1n) is 5.99. The van der Waals surface area contributed by atoms with Gasteiger partial charge in [-0.1, -0.05) is 0 Å². The Balaban J connectivity index is 2.03. The maximum absolute atomic E-state index is 5.97. The highest BCUT2D eigenvalue weighted by Gasteiger charge is 2.34. The summed E-state index contributed by atoms with van der Waals surface area (Å²) in [5.41, 5.74) is 1.02. The zero-order chi connectivity index (χ0) is 11.8. The van der Waals surface area contributed by atoms with Crippen LogP contribution in [0.3, 0.4) is 0 Å². The van der Waals surface area contributed by atoms with Gasteiger partial charge < -0.3 is 9.47 Å². The molecule has 90 valence electrons. The van der Waals surface area contributed by atoms with Gasteiger partial charge in [-0.05, 0) is 52.2 Å². The second kappa shape index (κ2) is 4.30. The van der Waals surface area contributed by atoms with Gasteiger partial charge >= 0.3 is 0 Å². The molecule has 1 saturated carbocycles. The lowest BCUT2D eigenvalue weighted by atomic mass is 10.1. The van der Waals surface area contributed by atoms with Crippen LogP contribution in [0.1, 0.15) is 40.5 Å². The van der Waals surface area contributed by atoms with Crippen LogP contribution in [0, 0.1) is 0 Å². The van der Waals surface area contributed by atoms with E-state index in [0.717, 1.165) is 0 Å². The Hall–Kier alpha value is -0.670. The summed E-state index contributed by atoms with van der Waals surface area (Å²) in [6, 6.07) is 0. The van der Waals surface area contributed by atoms with Gasteiger partial charge in [-0.3, -0.25) is 4.99 Å². The Morgan fingerprint density at radius 2 is 2.00 bits per heavy atom. The molecule has 0 aromatic heterocycles. The van der Waals surface area contributed by atoms with Crippen molar-refractivity contribution in [1.29, 1.82) is 0 Å². The number of hydrogen-bond donors (Lipinski definition) is 0. The second-order valence-electron chi connectivity index (χ2n) is 5.59. The third kappa shape index (κ3) is 3.16. The Labute approximate surface area is 97.5 Å². The van der Waals surface area contributed by atoms with E-state index in [4.69, 9.17) is 9.47 Å². The highest BCUT2D eigenvalue weighted by atomic mass is 16.6. The average Bonchev–Trinajstić information content (AvgIpc) is 2.92. The van der Waals surface area contributed by atoms with Crippen LogP contribution in [-0.2, 0) is 9.47 Å². The Kier molecular flexibility index (Phi) is 3.17. The van der Waals surface area contributed by atoms with Crippen LogP contribution < -0.4 is 0 Å². The highest BCUT2D eigenvalue weighted by molar-refractivity contribution is 5.73. The molecule has 2 aliphatic rings. The normalized spacial score (nSPS) is 30.4. The SMILES string of the molecule is CC1=CC=NC(OC(C)(C)C)C1OC1CC1. The second-order valence-corrected chi connectivity index (χ2v) is 5.59. The number of nitrogens with zero attached hydrogens (tertiary/aromatic N) is 1. The third-order valence-electron chi connectivity index (χ3n) is 2.62. The van der Waals surface area contributed by atoms with E-state index in [2.05, 4.69) is 11.9 Å². The maximum atomic E-state index is 5.97. The van der Waals surface area contributed by atoms with Gasteiger partial charge in [-0.2, -0.15) is 0 Å². The van der Waals surface area contributed by atoms with Crippen molar-refractivity contribution in [3.8, 4) is 0 Å². The third-order valence-corrected chi connectivity index (χ3v) is 2.62. The first-order chi connectivity index (χ1) is 7.46. The number of aliphatic imine (C=N–C) groups is 1. The fourth-order valence-corrected chi connectivity index (χ4v) is 1.68. The monoisotopic (exact) mass is 223 g/mol. The molecule has 1 fully saturated rings. The van der Waals surface area contributed by atoms with Crippen molar-refractivity contribution < 1.29 is 9.47 Å². The van der Waals surface area contributed by atoms with Crippen molar-refractivity contribution in [2.75, 3.05) is 0 Å². The lowest BCUT2D eigenvalue weighted by Crippen LogP contribution is -2.39. The quantitative estimate of drug-likeness (QED) is 0.736. The van der Waals surface area contributed by atoms with E-state index < -0.39 is 0 Å². The van der Waals surface area contributed by atoms with Crippen LogP contribution in [-0.4, -0.2) is 30.3 Å². The Morgan fingerprint density at radius 3 is 2.56 bits per heavy atom. The van der Waals surface area contributed by atoms with Gasteiger partial charge in [-0.15, -0.1) is 0 Å². The molecule has 3 heteroatoms. The summed E-state index contributed by atoms with van der Waals surface area (Å²) < 4.78 is 11.9. The molecule has 2 unspecified atom stereocenters. The molecule has 0 amide bonds. The molecule has 0 N–H and O–H groups in total. The minimum absolute atomic E-state index is 0.00303. The van der Waals surface area contributed by atoms with E-state index in [0.29, 0.717) is 6.10 Å². The van der Waals surface area contributed by atoms with Gasteiger partial charge in [0.15, 0.2) is 6.23 Å². The van der Waals surface area contributed by atoms with Crippen molar-refractivity contribution in [2.24, 2.45) is 4.99 Å². The summed E-state index contributed by atoms with van der Waals surface area (Å²) >= 11 is 0. The highest BCUT2D eigenvalue weighted by Crippen LogP contribution is 2.31. The Bertz CT molecular complexity index is 310. The van der Waals surface area contributed by atoms with E-state index in [-0.39, 0.29) is 17.9 Å². The summed E-state index contributed by atoms with van der Waals surface area (Å²) in [5, 5.41) is 0. The molecule has 3 nitrogen and oxygen atoms in total. The summed E-state index contributed by atoms with van der Waals surface area (Å²) in [4.78, 5) is 4.38. The first kappa shape index (κ1) is 11.8. The summed E-state index contributed by atoms with van der Waals surface area (Å²) in [6.07, 6.45) is 6.41. The number of ether oxygens (including phenoxy) is 2. The topological polar surface area (TPSA) is 30.8 Å². The van der Waals surface area contributed by atoms with Gasteiger partial charge in [0, 0.05) is 6.21 Å². The Morgan fingerprint density at radius 1 is 1.31 bits per heavy atom. The van der Waals surface area contributed by atoms with Crippen molar-refractivity contribution in [1.82, 2.24) is 0 Å². The standard InChI is InChI=1S/C13H21NO2/c1-9-7-8-14-12(16-13(2,3)4)11(9)15-10-5-6-10/h7-8,10-12H,5-6H2,1-4H3. The van der Waals surface area contributed by atoms with Crippen LogP contribution in [0.15, 0.2) is 16.6 Å². The molecule has 1 heterocycles. The number of dihydropyridines is 1. The van der Waals surface area contributed by atoms with Crippen molar-refractivity contribution in [3.05, 3.63) is 11.6 Å². The molecule has 0 aromatic carbocycles. The van der Waals surface area contributed by atoms with Gasteiger partial charge in [0.2, 0.25) is 0 Å². The minimum atomic E-state index is -0.190. The van der Waals surface area contributed by atoms with E-state index in [1.165, 1.54) is 18.4 Å². The van der Waals surface area contributed by atoms with Crippen LogP contribution in [0.4, 0.5) is 0 Å². The van der Waals surface area contributed by atoms with Crippen LogP contribution in [0.2, 0.25) is 0 Å². The zero-order valence-corrected chi connectivity index (χ0v) is 10.6. The molecule has 16 heavy (non-hydrogen) atoms. The predicted molar refractivity (Wildman–Crippen MR) is 64.8 cm³/mol. The van der Waals surface area contributed by atoms with Gasteiger partial charge in [-0.25, -0.2) is 0 Å². The molecule has 1 aliphatic heterocycles. The fourth-order valence-electron chi connectivity index (χ4n) is 1.68. The minimum Gasteiger partial charge on any atom is -0.366 e. The van der Waals surface area contributed by atoms with Crippen molar-refractivity contribution in [3.63, 3.8) is 0 Å². The van der Waals surface area contributed by atoms with E-state index in [1.807, 2.05) is 33.1 Å². The smallest absolute Gasteiger partial charge is 0.178 e. The van der Waals surface area contributed by atoms with E-state index in [9.17, 15) is 0 Å². The molecule has 0 aromatic rings. The number of hydrogen-bond acceptors (Lipinski definition) is 3. The summed E-state index contributed by atoms with van der Waals surface area (Å²) in [5.74, 6) is 0. The molecule has 0 saturated heterocycles. The van der Waals surface area contributed by atoms with Crippen LogP contribution in [0.5, 0.6) is 0 Å². The summed E-state index contributed by atoms with van der Waals surface area (Å²) in [6.45, 7) is 8.22. The molecule has 0 bridgehead atoms. The zero-order valence-electron chi connectivity index (χ0n) is 10.6. The molecular weight excluding hydrogens is 202 g/mol. The number of allylic oxidation sites excluding steroid dienone is 1. The first-order valence-corrected chi connectivity index (χ1v) is 5.99. The molecular formula is C13H21NO2.